The zero-order valence-electron chi connectivity index (χ0n) is 8.79. The predicted molar refractivity (Wildman–Crippen MR) is 64.2 cm³/mol. The van der Waals surface area contributed by atoms with Gasteiger partial charge >= 0.3 is 0 Å². The van der Waals surface area contributed by atoms with Crippen molar-refractivity contribution in [2.75, 3.05) is 6.61 Å². The number of aliphatic hydroxyl groups excluding tert-OH is 1. The van der Waals surface area contributed by atoms with Crippen LogP contribution in [0.15, 0.2) is 16.7 Å². The van der Waals surface area contributed by atoms with Gasteiger partial charge < -0.3 is 5.11 Å². The summed E-state index contributed by atoms with van der Waals surface area (Å²) in [6, 6.07) is 3.99. The number of hydrogen-bond acceptors (Lipinski definition) is 3. The maximum absolute atomic E-state index is 9.28. The first kappa shape index (κ1) is 12.2. The molecule has 0 saturated heterocycles. The van der Waals surface area contributed by atoms with Crippen LogP contribution in [0.4, 0.5) is 0 Å². The molecule has 5 heteroatoms. The second-order valence-electron chi connectivity index (χ2n) is 3.60. The van der Waals surface area contributed by atoms with Crippen molar-refractivity contribution >= 4 is 23.8 Å². The molecule has 1 aromatic heterocycles. The summed E-state index contributed by atoms with van der Waals surface area (Å²) in [5.74, 6) is 0. The fourth-order valence-electron chi connectivity index (χ4n) is 1.41. The molecule has 78 valence electrons. The maximum atomic E-state index is 9.28. The van der Waals surface area contributed by atoms with Crippen LogP contribution in [0.3, 0.4) is 0 Å². The van der Waals surface area contributed by atoms with Gasteiger partial charge in [0.15, 0.2) is 0 Å². The Balaban J connectivity index is 3.34. The average Bonchev–Trinajstić information content (AvgIpc) is 2.28. The molecule has 0 aromatic carbocycles. The monoisotopic (exact) mass is 266 g/mol. The molecule has 3 nitrogen and oxygen atoms in total. The lowest BCUT2D eigenvalue weighted by Gasteiger charge is -2.21. The molecule has 0 saturated carbocycles. The quantitative estimate of drug-likeness (QED) is 0.822. The lowest BCUT2D eigenvalue weighted by Crippen LogP contribution is -2.26. The van der Waals surface area contributed by atoms with Gasteiger partial charge in [-0.2, -0.15) is 5.26 Å². The van der Waals surface area contributed by atoms with Gasteiger partial charge in [-0.1, -0.05) is 0 Å². The van der Waals surface area contributed by atoms with Crippen LogP contribution >= 0.6 is 15.9 Å². The average molecular weight is 267 g/mol. The van der Waals surface area contributed by atoms with Gasteiger partial charge in [0.25, 0.3) is 0 Å². The number of nitrogens with zero attached hydrogens (tertiary/aromatic N) is 2. The SMILES string of the molecule is BCc1ncc(Br)cc1C(C)(C#N)CO. The Morgan fingerprint density at radius 3 is 2.87 bits per heavy atom. The standard InChI is InChI=1S/C10H12BBrN2O/c1-10(5-13,6-15)8-2-7(12)4-14-9(8)3-11/h2,4,15H,3,6,11H2,1H3. The van der Waals surface area contributed by atoms with E-state index in [9.17, 15) is 5.11 Å². The molecule has 0 spiro atoms. The first-order valence-electron chi connectivity index (χ1n) is 4.74. The first-order valence-corrected chi connectivity index (χ1v) is 5.53. The minimum Gasteiger partial charge on any atom is -0.394 e. The van der Waals surface area contributed by atoms with Crippen molar-refractivity contribution in [2.24, 2.45) is 0 Å². The van der Waals surface area contributed by atoms with E-state index >= 15 is 0 Å². The minimum atomic E-state index is -0.873. The maximum Gasteiger partial charge on any atom is 0.109 e. The van der Waals surface area contributed by atoms with E-state index in [-0.39, 0.29) is 6.61 Å². The molecule has 0 fully saturated rings. The van der Waals surface area contributed by atoms with Crippen molar-refractivity contribution in [2.45, 2.75) is 18.7 Å². The predicted octanol–water partition coefficient (Wildman–Crippen LogP) is 0.751. The molecule has 0 aliphatic rings. The Morgan fingerprint density at radius 2 is 2.40 bits per heavy atom. The first-order chi connectivity index (χ1) is 7.07. The Kier molecular flexibility index (Phi) is 3.89. The third-order valence-electron chi connectivity index (χ3n) is 2.43. The van der Waals surface area contributed by atoms with Gasteiger partial charge in [-0.25, -0.2) is 0 Å². The van der Waals surface area contributed by atoms with Crippen molar-refractivity contribution in [3.63, 3.8) is 0 Å². The molecule has 1 heterocycles. The van der Waals surface area contributed by atoms with E-state index < -0.39 is 5.41 Å². The number of hydrogen-bond donors (Lipinski definition) is 1. The van der Waals surface area contributed by atoms with Crippen molar-refractivity contribution in [1.82, 2.24) is 4.98 Å². The molecule has 1 unspecified atom stereocenters. The Hall–Kier alpha value is -0.855. The Labute approximate surface area is 98.7 Å². The van der Waals surface area contributed by atoms with Crippen LogP contribution in [0.5, 0.6) is 0 Å². The van der Waals surface area contributed by atoms with Crippen LogP contribution in [0, 0.1) is 11.3 Å². The van der Waals surface area contributed by atoms with Crippen molar-refractivity contribution in [3.05, 3.63) is 28.0 Å². The van der Waals surface area contributed by atoms with Crippen LogP contribution in [0.1, 0.15) is 18.2 Å². The van der Waals surface area contributed by atoms with Crippen LogP contribution in [-0.4, -0.2) is 24.5 Å². The summed E-state index contributed by atoms with van der Waals surface area (Å²) in [7, 11) is 1.98. The fraction of sp³-hybridized carbons (Fsp3) is 0.400. The Morgan fingerprint density at radius 1 is 1.73 bits per heavy atom. The smallest absolute Gasteiger partial charge is 0.109 e. The van der Waals surface area contributed by atoms with Gasteiger partial charge in [-0.05, 0) is 40.8 Å². The largest absolute Gasteiger partial charge is 0.394 e. The van der Waals surface area contributed by atoms with E-state index in [4.69, 9.17) is 5.26 Å². The molecule has 1 atom stereocenters. The van der Waals surface area contributed by atoms with Crippen molar-refractivity contribution < 1.29 is 5.11 Å². The molecule has 0 aliphatic heterocycles. The van der Waals surface area contributed by atoms with E-state index in [2.05, 4.69) is 27.0 Å². The van der Waals surface area contributed by atoms with Crippen molar-refractivity contribution in [3.8, 4) is 6.07 Å². The van der Waals surface area contributed by atoms with Gasteiger partial charge in [-0.3, -0.25) is 4.98 Å². The molecule has 1 rings (SSSR count). The summed E-state index contributed by atoms with van der Waals surface area (Å²) >= 11 is 3.32. The van der Waals surface area contributed by atoms with E-state index in [0.29, 0.717) is 0 Å². The van der Waals surface area contributed by atoms with Gasteiger partial charge in [0.05, 0.1) is 12.7 Å². The summed E-state index contributed by atoms with van der Waals surface area (Å²) in [5.41, 5.74) is 0.781. The zero-order chi connectivity index (χ0) is 11.5. The zero-order valence-corrected chi connectivity index (χ0v) is 10.4. The highest BCUT2D eigenvalue weighted by Crippen LogP contribution is 2.27. The van der Waals surface area contributed by atoms with Crippen LogP contribution in [0.2, 0.25) is 0 Å². The van der Waals surface area contributed by atoms with Crippen molar-refractivity contribution in [1.29, 1.82) is 5.26 Å². The number of aromatic nitrogens is 1. The molecule has 0 radical (unpaired) electrons. The number of aliphatic hydroxyl groups is 1. The summed E-state index contributed by atoms with van der Waals surface area (Å²) in [5, 5.41) is 18.4. The van der Waals surface area contributed by atoms with Gasteiger partial charge in [0, 0.05) is 16.4 Å². The molecule has 1 N–H and O–H groups in total. The van der Waals surface area contributed by atoms with E-state index in [0.717, 1.165) is 22.1 Å². The van der Waals surface area contributed by atoms with Crippen LogP contribution < -0.4 is 0 Å². The third kappa shape index (κ3) is 2.39. The third-order valence-corrected chi connectivity index (χ3v) is 2.86. The lowest BCUT2D eigenvalue weighted by molar-refractivity contribution is 0.239. The molecule has 0 amide bonds. The summed E-state index contributed by atoms with van der Waals surface area (Å²) in [6.07, 6.45) is 2.46. The highest BCUT2D eigenvalue weighted by molar-refractivity contribution is 9.10. The minimum absolute atomic E-state index is 0.200. The summed E-state index contributed by atoms with van der Waals surface area (Å²) in [4.78, 5) is 4.25. The van der Waals surface area contributed by atoms with E-state index in [1.54, 1.807) is 13.1 Å². The number of nitriles is 1. The van der Waals surface area contributed by atoms with Gasteiger partial charge in [0.2, 0.25) is 0 Å². The molecule has 15 heavy (non-hydrogen) atoms. The second kappa shape index (κ2) is 4.78. The van der Waals surface area contributed by atoms with Crippen LogP contribution in [0.25, 0.3) is 0 Å². The molecule has 0 bridgehead atoms. The highest BCUT2D eigenvalue weighted by Gasteiger charge is 2.28. The lowest BCUT2D eigenvalue weighted by atomic mass is 9.81. The molecular weight excluding hydrogens is 255 g/mol. The van der Waals surface area contributed by atoms with Crippen LogP contribution in [-0.2, 0) is 11.7 Å². The van der Waals surface area contributed by atoms with E-state index in [1.807, 2.05) is 13.9 Å². The second-order valence-corrected chi connectivity index (χ2v) is 4.52. The topological polar surface area (TPSA) is 56.9 Å². The number of rotatable bonds is 3. The number of halogens is 1. The summed E-state index contributed by atoms with van der Waals surface area (Å²) < 4.78 is 0.824. The highest BCUT2D eigenvalue weighted by atomic mass is 79.9. The molecule has 0 aliphatic carbocycles. The summed E-state index contributed by atoms with van der Waals surface area (Å²) in [6.45, 7) is 1.52. The Bertz CT molecular complexity index is 405. The van der Waals surface area contributed by atoms with Gasteiger partial charge in [-0.15, -0.1) is 0 Å². The fourth-order valence-corrected chi connectivity index (χ4v) is 1.74. The number of pyridine rings is 1. The van der Waals surface area contributed by atoms with Gasteiger partial charge in [0.1, 0.15) is 13.3 Å². The molecular formula is C10H12BBrN2O. The van der Waals surface area contributed by atoms with E-state index in [1.165, 1.54) is 0 Å². The normalized spacial score (nSPS) is 14.3. The molecule has 1 aromatic rings.